The Kier molecular flexibility index (Phi) is 4.37. The van der Waals surface area contributed by atoms with E-state index in [0.29, 0.717) is 0 Å². The number of anilines is 1. The zero-order valence-electron chi connectivity index (χ0n) is 13.6. The molecule has 4 heteroatoms. The van der Waals surface area contributed by atoms with Gasteiger partial charge in [0.15, 0.2) is 0 Å². The highest BCUT2D eigenvalue weighted by Gasteiger charge is 2.28. The van der Waals surface area contributed by atoms with Gasteiger partial charge >= 0.3 is 0 Å². The van der Waals surface area contributed by atoms with Crippen molar-refractivity contribution in [3.63, 3.8) is 0 Å². The van der Waals surface area contributed by atoms with E-state index in [1.54, 1.807) is 0 Å². The zero-order valence-corrected chi connectivity index (χ0v) is 13.6. The predicted octanol–water partition coefficient (Wildman–Crippen LogP) is 3.30. The Bertz CT molecular complexity index is 602. The molecule has 0 aliphatic heterocycles. The molecule has 0 radical (unpaired) electrons. The van der Waals surface area contributed by atoms with Gasteiger partial charge in [0, 0.05) is 18.2 Å². The van der Waals surface area contributed by atoms with Gasteiger partial charge < -0.3 is 10.0 Å². The molecule has 0 bridgehead atoms. The Morgan fingerprint density at radius 3 is 2.38 bits per heavy atom. The highest BCUT2D eigenvalue weighted by molar-refractivity contribution is 5.56. The van der Waals surface area contributed by atoms with Crippen LogP contribution in [0.2, 0.25) is 0 Å². The van der Waals surface area contributed by atoms with Crippen LogP contribution in [0, 0.1) is 6.92 Å². The van der Waals surface area contributed by atoms with Gasteiger partial charge in [-0.3, -0.25) is 0 Å². The van der Waals surface area contributed by atoms with Crippen LogP contribution in [-0.2, 0) is 6.61 Å². The van der Waals surface area contributed by atoms with E-state index in [4.69, 9.17) is 0 Å². The number of benzene rings is 1. The molecule has 0 spiro atoms. The lowest BCUT2D eigenvalue weighted by molar-refractivity contribution is 0.280. The number of aromatic nitrogens is 2. The first-order chi connectivity index (χ1) is 9.92. The Morgan fingerprint density at radius 1 is 1.24 bits per heavy atom. The number of hydrogen-bond donors (Lipinski definition) is 1. The SMILES string of the molecule is CCC(C)(C)N(C)c1c(CO)c(C)nn1-c1ccccc1. The minimum atomic E-state index is -0.0110. The molecule has 4 nitrogen and oxygen atoms in total. The molecule has 2 rings (SSSR count). The van der Waals surface area contributed by atoms with Crippen molar-refractivity contribution in [2.45, 2.75) is 46.3 Å². The smallest absolute Gasteiger partial charge is 0.138 e. The van der Waals surface area contributed by atoms with Gasteiger partial charge in [-0.2, -0.15) is 5.10 Å². The van der Waals surface area contributed by atoms with Gasteiger partial charge in [0.1, 0.15) is 5.82 Å². The highest BCUT2D eigenvalue weighted by atomic mass is 16.3. The number of aliphatic hydroxyl groups excluding tert-OH is 1. The van der Waals surface area contributed by atoms with E-state index in [1.807, 2.05) is 41.9 Å². The van der Waals surface area contributed by atoms with E-state index in [2.05, 4.69) is 37.8 Å². The fraction of sp³-hybridized carbons (Fsp3) is 0.471. The van der Waals surface area contributed by atoms with E-state index in [-0.39, 0.29) is 12.1 Å². The maximum absolute atomic E-state index is 9.77. The van der Waals surface area contributed by atoms with Crippen LogP contribution in [0.3, 0.4) is 0 Å². The second kappa shape index (κ2) is 5.90. The minimum Gasteiger partial charge on any atom is -0.391 e. The molecule has 21 heavy (non-hydrogen) atoms. The second-order valence-electron chi connectivity index (χ2n) is 6.02. The van der Waals surface area contributed by atoms with Crippen molar-refractivity contribution in [2.24, 2.45) is 0 Å². The molecule has 1 heterocycles. The van der Waals surface area contributed by atoms with E-state index < -0.39 is 0 Å². The summed E-state index contributed by atoms with van der Waals surface area (Å²) in [5.41, 5.74) is 2.76. The normalized spacial score (nSPS) is 11.7. The van der Waals surface area contributed by atoms with Crippen molar-refractivity contribution in [3.8, 4) is 5.69 Å². The van der Waals surface area contributed by atoms with Crippen molar-refractivity contribution in [1.82, 2.24) is 9.78 Å². The first-order valence-corrected chi connectivity index (χ1v) is 7.41. The molecule has 0 saturated heterocycles. The zero-order chi connectivity index (χ0) is 15.6. The molecule has 1 N–H and O–H groups in total. The molecule has 0 amide bonds. The fourth-order valence-corrected chi connectivity index (χ4v) is 2.35. The molecule has 0 aliphatic rings. The van der Waals surface area contributed by atoms with Gasteiger partial charge in [0.2, 0.25) is 0 Å². The number of para-hydroxylation sites is 1. The monoisotopic (exact) mass is 287 g/mol. The van der Waals surface area contributed by atoms with Crippen LogP contribution in [0.1, 0.15) is 38.4 Å². The van der Waals surface area contributed by atoms with E-state index in [9.17, 15) is 5.11 Å². The van der Waals surface area contributed by atoms with Gasteiger partial charge in [0.05, 0.1) is 18.0 Å². The Balaban J connectivity index is 2.63. The summed E-state index contributed by atoms with van der Waals surface area (Å²) in [6, 6.07) is 10.1. The van der Waals surface area contributed by atoms with Crippen molar-refractivity contribution in [1.29, 1.82) is 0 Å². The Hall–Kier alpha value is -1.81. The van der Waals surface area contributed by atoms with Gasteiger partial charge in [0.25, 0.3) is 0 Å². The summed E-state index contributed by atoms with van der Waals surface area (Å²) in [4.78, 5) is 2.21. The lowest BCUT2D eigenvalue weighted by atomic mass is 9.99. The van der Waals surface area contributed by atoms with Crippen molar-refractivity contribution in [2.75, 3.05) is 11.9 Å². The van der Waals surface area contributed by atoms with Crippen molar-refractivity contribution >= 4 is 5.82 Å². The Labute approximate surface area is 127 Å². The molecule has 1 aromatic heterocycles. The summed E-state index contributed by atoms with van der Waals surface area (Å²) in [7, 11) is 2.07. The van der Waals surface area contributed by atoms with Gasteiger partial charge in [-0.25, -0.2) is 4.68 Å². The van der Waals surface area contributed by atoms with Crippen molar-refractivity contribution in [3.05, 3.63) is 41.6 Å². The van der Waals surface area contributed by atoms with Gasteiger partial charge in [-0.1, -0.05) is 25.1 Å². The molecule has 0 unspecified atom stereocenters. The first-order valence-electron chi connectivity index (χ1n) is 7.41. The molecule has 0 fully saturated rings. The standard InChI is InChI=1S/C17H25N3O/c1-6-17(3,4)19(5)16-15(12-21)13(2)18-20(16)14-10-8-7-9-11-14/h7-11,21H,6,12H2,1-5H3. The lowest BCUT2D eigenvalue weighted by Gasteiger charge is -2.37. The average Bonchev–Trinajstić information content (AvgIpc) is 2.83. The summed E-state index contributed by atoms with van der Waals surface area (Å²) >= 11 is 0. The quantitative estimate of drug-likeness (QED) is 0.917. The fourth-order valence-electron chi connectivity index (χ4n) is 2.35. The van der Waals surface area contributed by atoms with Crippen LogP contribution in [0.5, 0.6) is 0 Å². The molecule has 2 aromatic rings. The van der Waals surface area contributed by atoms with Crippen molar-refractivity contribution < 1.29 is 5.11 Å². The summed E-state index contributed by atoms with van der Waals surface area (Å²) < 4.78 is 1.93. The number of rotatable bonds is 5. The van der Waals surface area contributed by atoms with E-state index >= 15 is 0 Å². The summed E-state index contributed by atoms with van der Waals surface area (Å²) in [5, 5.41) is 14.4. The topological polar surface area (TPSA) is 41.3 Å². The minimum absolute atomic E-state index is 0.00185. The van der Waals surface area contributed by atoms with Gasteiger partial charge in [-0.15, -0.1) is 0 Å². The van der Waals surface area contributed by atoms with Crippen LogP contribution in [-0.4, -0.2) is 27.5 Å². The van der Waals surface area contributed by atoms with E-state index in [1.165, 1.54) is 0 Å². The number of aliphatic hydroxyl groups is 1. The molecule has 0 saturated carbocycles. The number of aryl methyl sites for hydroxylation is 1. The maximum Gasteiger partial charge on any atom is 0.138 e. The molecule has 1 aromatic carbocycles. The molecular weight excluding hydrogens is 262 g/mol. The van der Waals surface area contributed by atoms with Crippen LogP contribution in [0.4, 0.5) is 5.82 Å². The molecule has 114 valence electrons. The number of nitrogens with zero attached hydrogens (tertiary/aromatic N) is 3. The van der Waals surface area contributed by atoms with Gasteiger partial charge in [-0.05, 0) is 39.3 Å². The van der Waals surface area contributed by atoms with Crippen LogP contribution >= 0.6 is 0 Å². The molecule has 0 aliphatic carbocycles. The summed E-state index contributed by atoms with van der Waals surface area (Å²) in [5.74, 6) is 0.966. The third-order valence-corrected chi connectivity index (χ3v) is 4.41. The van der Waals surface area contributed by atoms with Crippen LogP contribution in [0.15, 0.2) is 30.3 Å². The molecular formula is C17H25N3O. The third kappa shape index (κ3) is 2.81. The largest absolute Gasteiger partial charge is 0.391 e. The summed E-state index contributed by atoms with van der Waals surface area (Å²) in [6.07, 6.45) is 1.01. The van der Waals surface area contributed by atoms with Crippen LogP contribution in [0.25, 0.3) is 5.69 Å². The third-order valence-electron chi connectivity index (χ3n) is 4.41. The summed E-state index contributed by atoms with van der Waals surface area (Å²) in [6.45, 7) is 8.52. The molecule has 0 atom stereocenters. The number of hydrogen-bond acceptors (Lipinski definition) is 3. The first kappa shape index (κ1) is 15.6. The lowest BCUT2D eigenvalue weighted by Crippen LogP contribution is -2.42. The predicted molar refractivity (Wildman–Crippen MR) is 87.0 cm³/mol. The van der Waals surface area contributed by atoms with Crippen LogP contribution < -0.4 is 4.90 Å². The second-order valence-corrected chi connectivity index (χ2v) is 6.02. The highest BCUT2D eigenvalue weighted by Crippen LogP contribution is 2.32. The Morgan fingerprint density at radius 2 is 1.86 bits per heavy atom. The average molecular weight is 287 g/mol. The maximum atomic E-state index is 9.77. The van der Waals surface area contributed by atoms with E-state index in [0.717, 1.165) is 29.2 Å².